The number of halogens is 1. The monoisotopic (exact) mass is 297 g/mol. The highest BCUT2D eigenvalue weighted by Crippen LogP contribution is 2.28. The molecule has 4 atom stereocenters. The quantitative estimate of drug-likeness (QED) is 0.855. The van der Waals surface area contributed by atoms with Gasteiger partial charge in [-0.1, -0.05) is 0 Å². The first-order chi connectivity index (χ1) is 9.83. The van der Waals surface area contributed by atoms with Crippen molar-refractivity contribution in [3.8, 4) is 6.07 Å². The van der Waals surface area contributed by atoms with Crippen LogP contribution < -0.4 is 5.32 Å². The molecule has 0 saturated carbocycles. The van der Waals surface area contributed by atoms with E-state index in [1.165, 1.54) is 4.90 Å². The Balaban J connectivity index is 1.90. The highest BCUT2D eigenvalue weighted by molar-refractivity contribution is 5.79. The van der Waals surface area contributed by atoms with Gasteiger partial charge in [0, 0.05) is 12.0 Å². The van der Waals surface area contributed by atoms with Crippen LogP contribution in [0.5, 0.6) is 0 Å². The maximum Gasteiger partial charge on any atom is 0.237 e. The van der Waals surface area contributed by atoms with Crippen molar-refractivity contribution in [3.63, 3.8) is 0 Å². The van der Waals surface area contributed by atoms with Gasteiger partial charge in [0.25, 0.3) is 0 Å². The number of nitrogens with one attached hydrogen (secondary N) is 1. The van der Waals surface area contributed by atoms with Crippen LogP contribution in [0.25, 0.3) is 0 Å². The summed E-state index contributed by atoms with van der Waals surface area (Å²) in [6.45, 7) is 6.31. The number of hydrogen-bond acceptors (Lipinski definition) is 4. The predicted molar refractivity (Wildman–Crippen MR) is 76.3 cm³/mol. The molecule has 0 radical (unpaired) electrons. The van der Waals surface area contributed by atoms with Gasteiger partial charge in [0.15, 0.2) is 0 Å². The maximum atomic E-state index is 13.4. The van der Waals surface area contributed by atoms with E-state index in [1.807, 2.05) is 19.9 Å². The molecule has 1 N–H and O–H groups in total. The van der Waals surface area contributed by atoms with Gasteiger partial charge in [0.2, 0.25) is 5.91 Å². The fraction of sp³-hybridized carbons (Fsp3) is 0.867. The molecule has 2 aliphatic rings. The van der Waals surface area contributed by atoms with E-state index >= 15 is 0 Å². The minimum absolute atomic E-state index is 0.0331. The molecule has 1 amide bonds. The molecule has 2 rings (SSSR count). The zero-order chi connectivity index (χ0) is 15.6. The number of amides is 1. The molecular weight excluding hydrogens is 273 g/mol. The molecule has 5 nitrogen and oxygen atoms in total. The van der Waals surface area contributed by atoms with Crippen LogP contribution in [0, 0.1) is 11.3 Å². The lowest BCUT2D eigenvalue weighted by Crippen LogP contribution is -2.54. The molecule has 21 heavy (non-hydrogen) atoms. The van der Waals surface area contributed by atoms with Gasteiger partial charge in [-0.3, -0.25) is 4.79 Å². The second-order valence-corrected chi connectivity index (χ2v) is 6.60. The number of likely N-dealkylation sites (tertiary alicyclic amines) is 1. The molecule has 2 aliphatic heterocycles. The lowest BCUT2D eigenvalue weighted by Gasteiger charge is -2.41. The fourth-order valence-electron chi connectivity index (χ4n) is 3.56. The largest absolute Gasteiger partial charge is 0.375 e. The highest BCUT2D eigenvalue weighted by Gasteiger charge is 2.38. The summed E-state index contributed by atoms with van der Waals surface area (Å²) in [6.07, 6.45) is 1.00. The Morgan fingerprint density at radius 2 is 2.10 bits per heavy atom. The zero-order valence-electron chi connectivity index (χ0n) is 12.9. The summed E-state index contributed by atoms with van der Waals surface area (Å²) in [4.78, 5) is 13.6. The summed E-state index contributed by atoms with van der Waals surface area (Å²) in [5.41, 5.74) is -0.163. The molecule has 0 bridgehead atoms. The van der Waals surface area contributed by atoms with E-state index in [9.17, 15) is 9.18 Å². The molecule has 0 aromatic heterocycles. The molecule has 4 unspecified atom stereocenters. The van der Waals surface area contributed by atoms with Crippen molar-refractivity contribution in [2.24, 2.45) is 0 Å². The van der Waals surface area contributed by atoms with E-state index in [0.717, 1.165) is 12.8 Å². The Morgan fingerprint density at radius 1 is 1.48 bits per heavy atom. The van der Waals surface area contributed by atoms with Crippen molar-refractivity contribution >= 4 is 5.91 Å². The SMILES string of the molecule is CC1CC(C)(NCC(=O)N2CC(F)CC2C#N)CC(C)O1. The van der Waals surface area contributed by atoms with Gasteiger partial charge in [-0.05, 0) is 33.6 Å². The lowest BCUT2D eigenvalue weighted by molar-refractivity contribution is -0.131. The number of hydrogen-bond donors (Lipinski definition) is 1. The second kappa shape index (κ2) is 6.29. The molecule has 2 heterocycles. The van der Waals surface area contributed by atoms with E-state index in [1.54, 1.807) is 0 Å². The van der Waals surface area contributed by atoms with Gasteiger partial charge in [0.05, 0.1) is 31.4 Å². The zero-order valence-corrected chi connectivity index (χ0v) is 12.9. The Labute approximate surface area is 125 Å². The third kappa shape index (κ3) is 3.92. The van der Waals surface area contributed by atoms with Gasteiger partial charge in [-0.15, -0.1) is 0 Å². The lowest BCUT2D eigenvalue weighted by atomic mass is 9.86. The van der Waals surface area contributed by atoms with Crippen LogP contribution in [0.2, 0.25) is 0 Å². The smallest absolute Gasteiger partial charge is 0.237 e. The van der Waals surface area contributed by atoms with Crippen LogP contribution in [0.3, 0.4) is 0 Å². The summed E-state index contributed by atoms with van der Waals surface area (Å²) in [5, 5.41) is 12.3. The predicted octanol–water partition coefficient (Wildman–Crippen LogP) is 1.38. The first-order valence-corrected chi connectivity index (χ1v) is 7.56. The Bertz CT molecular complexity index is 427. The van der Waals surface area contributed by atoms with Crippen molar-refractivity contribution in [1.29, 1.82) is 5.26 Å². The van der Waals surface area contributed by atoms with Crippen molar-refractivity contribution in [3.05, 3.63) is 0 Å². The average Bonchev–Trinajstić information content (AvgIpc) is 2.76. The van der Waals surface area contributed by atoms with Crippen LogP contribution in [-0.4, -0.2) is 53.9 Å². The maximum absolute atomic E-state index is 13.4. The van der Waals surface area contributed by atoms with E-state index in [0.29, 0.717) is 0 Å². The normalized spacial score (nSPS) is 40.0. The van der Waals surface area contributed by atoms with Crippen LogP contribution in [0.1, 0.15) is 40.0 Å². The molecule has 2 saturated heterocycles. The molecule has 0 aromatic carbocycles. The van der Waals surface area contributed by atoms with Crippen molar-refractivity contribution in [1.82, 2.24) is 10.2 Å². The minimum atomic E-state index is -1.09. The van der Waals surface area contributed by atoms with E-state index in [4.69, 9.17) is 10.00 Å². The summed E-state index contributed by atoms with van der Waals surface area (Å²) >= 11 is 0. The Kier molecular flexibility index (Phi) is 4.84. The van der Waals surface area contributed by atoms with Crippen molar-refractivity contribution in [2.45, 2.75) is 70.0 Å². The van der Waals surface area contributed by atoms with E-state index < -0.39 is 12.2 Å². The van der Waals surface area contributed by atoms with Crippen molar-refractivity contribution < 1.29 is 13.9 Å². The number of alkyl halides is 1. The highest BCUT2D eigenvalue weighted by atomic mass is 19.1. The fourth-order valence-corrected chi connectivity index (χ4v) is 3.56. The Hall–Kier alpha value is -1.19. The summed E-state index contributed by atoms with van der Waals surface area (Å²) in [5.74, 6) is -0.199. The summed E-state index contributed by atoms with van der Waals surface area (Å²) in [7, 11) is 0. The summed E-state index contributed by atoms with van der Waals surface area (Å²) < 4.78 is 19.1. The minimum Gasteiger partial charge on any atom is -0.375 e. The third-order valence-corrected chi connectivity index (χ3v) is 4.33. The van der Waals surface area contributed by atoms with Crippen LogP contribution in [0.4, 0.5) is 4.39 Å². The second-order valence-electron chi connectivity index (χ2n) is 6.60. The van der Waals surface area contributed by atoms with Crippen LogP contribution in [-0.2, 0) is 9.53 Å². The molecular formula is C15H24FN3O2. The number of ether oxygens (including phenoxy) is 1. The molecule has 118 valence electrons. The number of nitriles is 1. The molecule has 0 aliphatic carbocycles. The standard InChI is InChI=1S/C15H24FN3O2/c1-10-5-15(3,6-11(2)21-10)18-8-14(20)19-9-12(16)4-13(19)7-17/h10-13,18H,4-6,8-9H2,1-3H3. The van der Waals surface area contributed by atoms with Crippen LogP contribution >= 0.6 is 0 Å². The first-order valence-electron chi connectivity index (χ1n) is 7.56. The number of rotatable bonds is 3. The summed E-state index contributed by atoms with van der Waals surface area (Å²) in [6, 6.07) is 1.37. The Morgan fingerprint density at radius 3 is 2.67 bits per heavy atom. The van der Waals surface area contributed by atoms with Gasteiger partial charge in [-0.2, -0.15) is 5.26 Å². The average molecular weight is 297 g/mol. The van der Waals surface area contributed by atoms with Gasteiger partial charge < -0.3 is 15.0 Å². The number of nitrogens with zero attached hydrogens (tertiary/aromatic N) is 2. The van der Waals surface area contributed by atoms with Crippen molar-refractivity contribution in [2.75, 3.05) is 13.1 Å². The molecule has 6 heteroatoms. The van der Waals surface area contributed by atoms with Gasteiger partial charge in [-0.25, -0.2) is 4.39 Å². The van der Waals surface area contributed by atoms with Gasteiger partial charge in [0.1, 0.15) is 12.2 Å². The third-order valence-electron chi connectivity index (χ3n) is 4.33. The molecule has 2 fully saturated rings. The number of carbonyl (C=O) groups is 1. The molecule has 0 spiro atoms. The topological polar surface area (TPSA) is 65.4 Å². The van der Waals surface area contributed by atoms with E-state index in [-0.39, 0.29) is 43.2 Å². The van der Waals surface area contributed by atoms with Gasteiger partial charge >= 0.3 is 0 Å². The number of carbonyl (C=O) groups excluding carboxylic acids is 1. The van der Waals surface area contributed by atoms with E-state index in [2.05, 4.69) is 12.2 Å². The first kappa shape index (κ1) is 16.2. The molecule has 0 aromatic rings. The van der Waals surface area contributed by atoms with Crippen LogP contribution in [0.15, 0.2) is 0 Å².